The summed E-state index contributed by atoms with van der Waals surface area (Å²) in [6, 6.07) is 5.07. The van der Waals surface area contributed by atoms with Gasteiger partial charge in [0.15, 0.2) is 0 Å². The predicted molar refractivity (Wildman–Crippen MR) is 73.2 cm³/mol. The van der Waals surface area contributed by atoms with Crippen molar-refractivity contribution in [3.05, 3.63) is 29.6 Å². The summed E-state index contributed by atoms with van der Waals surface area (Å²) in [4.78, 5) is 2.36. The van der Waals surface area contributed by atoms with Crippen LogP contribution in [0, 0.1) is 5.82 Å². The van der Waals surface area contributed by atoms with Crippen LogP contribution >= 0.6 is 27.7 Å². The molecule has 0 saturated carbocycles. The molecule has 88 valence electrons. The van der Waals surface area contributed by atoms with Crippen molar-refractivity contribution in [2.24, 2.45) is 0 Å². The third-order valence-corrected chi connectivity index (χ3v) is 4.51. The molecule has 4 heteroatoms. The molecule has 1 saturated heterocycles. The fourth-order valence-corrected chi connectivity index (χ4v) is 3.47. The summed E-state index contributed by atoms with van der Waals surface area (Å²) in [6.07, 6.45) is 0. The Morgan fingerprint density at radius 2 is 2.38 bits per heavy atom. The maximum absolute atomic E-state index is 13.1. The minimum absolute atomic E-state index is 0.155. The molecular formula is C12H15BrFNS. The second-order valence-electron chi connectivity index (χ2n) is 4.03. The monoisotopic (exact) mass is 303 g/mol. The Hall–Kier alpha value is -0.220. The predicted octanol–water partition coefficient (Wildman–Crippen LogP) is 3.66. The average molecular weight is 304 g/mol. The lowest BCUT2D eigenvalue weighted by molar-refractivity contribution is 0.626. The van der Waals surface area contributed by atoms with Gasteiger partial charge in [0.05, 0.1) is 0 Å². The van der Waals surface area contributed by atoms with E-state index < -0.39 is 0 Å². The minimum atomic E-state index is -0.155. The Morgan fingerprint density at radius 3 is 3.06 bits per heavy atom. The van der Waals surface area contributed by atoms with Gasteiger partial charge in [-0.2, -0.15) is 11.8 Å². The molecule has 1 heterocycles. The first-order valence-electron chi connectivity index (χ1n) is 5.41. The number of thioether (sulfide) groups is 1. The number of rotatable bonds is 2. The van der Waals surface area contributed by atoms with Gasteiger partial charge in [-0.15, -0.1) is 0 Å². The van der Waals surface area contributed by atoms with Gasteiger partial charge in [0.1, 0.15) is 5.82 Å². The highest BCUT2D eigenvalue weighted by atomic mass is 79.9. The van der Waals surface area contributed by atoms with Gasteiger partial charge in [0.2, 0.25) is 0 Å². The summed E-state index contributed by atoms with van der Waals surface area (Å²) >= 11 is 5.43. The smallest absolute Gasteiger partial charge is 0.123 e. The Bertz CT molecular complexity index is 372. The Labute approximate surface area is 109 Å². The van der Waals surface area contributed by atoms with E-state index in [4.69, 9.17) is 0 Å². The van der Waals surface area contributed by atoms with Gasteiger partial charge in [-0.3, -0.25) is 0 Å². The van der Waals surface area contributed by atoms with Gasteiger partial charge in [-0.25, -0.2) is 4.39 Å². The van der Waals surface area contributed by atoms with Crippen LogP contribution in [0.15, 0.2) is 18.2 Å². The van der Waals surface area contributed by atoms with Crippen molar-refractivity contribution in [3.63, 3.8) is 0 Å². The molecule has 1 aliphatic rings. The van der Waals surface area contributed by atoms with Crippen LogP contribution in [-0.2, 0) is 5.33 Å². The molecule has 2 rings (SSSR count). The van der Waals surface area contributed by atoms with Crippen LogP contribution in [0.3, 0.4) is 0 Å². The van der Waals surface area contributed by atoms with Gasteiger partial charge in [-0.05, 0) is 23.8 Å². The second-order valence-corrected chi connectivity index (χ2v) is 6.14. The summed E-state index contributed by atoms with van der Waals surface area (Å²) in [5.74, 6) is 0.998. The van der Waals surface area contributed by atoms with E-state index in [1.54, 1.807) is 12.1 Å². The van der Waals surface area contributed by atoms with Crippen LogP contribution in [0.25, 0.3) is 0 Å². The lowest BCUT2D eigenvalue weighted by Crippen LogP contribution is -2.37. The second kappa shape index (κ2) is 5.41. The maximum Gasteiger partial charge on any atom is 0.123 e. The summed E-state index contributed by atoms with van der Waals surface area (Å²) < 4.78 is 13.1. The van der Waals surface area contributed by atoms with Crippen molar-refractivity contribution < 1.29 is 4.39 Å². The van der Waals surface area contributed by atoms with Gasteiger partial charge >= 0.3 is 0 Å². The fourth-order valence-electron chi connectivity index (χ4n) is 2.01. The molecule has 0 N–H and O–H groups in total. The van der Waals surface area contributed by atoms with Crippen LogP contribution in [0.4, 0.5) is 10.1 Å². The zero-order chi connectivity index (χ0) is 11.5. The van der Waals surface area contributed by atoms with Gasteiger partial charge in [0, 0.05) is 35.1 Å². The van der Waals surface area contributed by atoms with E-state index in [1.165, 1.54) is 5.69 Å². The van der Waals surface area contributed by atoms with Gasteiger partial charge in [-0.1, -0.05) is 22.9 Å². The van der Waals surface area contributed by atoms with Crippen molar-refractivity contribution in [2.75, 3.05) is 23.7 Å². The standard InChI is InChI=1S/C12H15BrFNS/c1-9-8-15(4-5-16-9)12-3-2-11(14)6-10(12)7-13/h2-3,6,9H,4-5,7-8H2,1H3. The molecule has 0 radical (unpaired) electrons. The molecule has 0 spiro atoms. The Balaban J connectivity index is 2.24. The molecule has 1 fully saturated rings. The Morgan fingerprint density at radius 1 is 1.56 bits per heavy atom. The summed E-state index contributed by atoms with van der Waals surface area (Å²) in [5.41, 5.74) is 2.21. The molecule has 1 aromatic rings. The van der Waals surface area contributed by atoms with Crippen molar-refractivity contribution in [3.8, 4) is 0 Å². The molecular weight excluding hydrogens is 289 g/mol. The third kappa shape index (κ3) is 2.72. The molecule has 1 aliphatic heterocycles. The minimum Gasteiger partial charge on any atom is -0.369 e. The van der Waals surface area contributed by atoms with Crippen LogP contribution in [0.5, 0.6) is 0 Å². The first kappa shape index (κ1) is 12.2. The number of nitrogens with zero attached hydrogens (tertiary/aromatic N) is 1. The van der Waals surface area contributed by atoms with E-state index >= 15 is 0 Å². The van der Waals surface area contributed by atoms with Crippen molar-refractivity contribution in [2.45, 2.75) is 17.5 Å². The third-order valence-electron chi connectivity index (χ3n) is 2.77. The van der Waals surface area contributed by atoms with E-state index in [2.05, 4.69) is 27.8 Å². The number of halogens is 2. The lowest BCUT2D eigenvalue weighted by Gasteiger charge is -2.33. The van der Waals surface area contributed by atoms with E-state index in [-0.39, 0.29) is 5.82 Å². The molecule has 0 bridgehead atoms. The quantitative estimate of drug-likeness (QED) is 0.767. The Kier molecular flexibility index (Phi) is 4.14. The summed E-state index contributed by atoms with van der Waals surface area (Å²) in [5, 5.41) is 1.36. The topological polar surface area (TPSA) is 3.24 Å². The van der Waals surface area contributed by atoms with Crippen LogP contribution in [0.1, 0.15) is 12.5 Å². The molecule has 0 amide bonds. The molecule has 1 atom stereocenters. The summed E-state index contributed by atoms with van der Waals surface area (Å²) in [7, 11) is 0. The average Bonchev–Trinajstić information content (AvgIpc) is 2.28. The van der Waals surface area contributed by atoms with Crippen LogP contribution in [-0.4, -0.2) is 24.1 Å². The zero-order valence-electron chi connectivity index (χ0n) is 9.25. The molecule has 1 aromatic carbocycles. The molecule has 0 aliphatic carbocycles. The normalized spacial score (nSPS) is 21.2. The highest BCUT2D eigenvalue weighted by Crippen LogP contribution is 2.28. The van der Waals surface area contributed by atoms with E-state index in [1.807, 2.05) is 17.8 Å². The zero-order valence-corrected chi connectivity index (χ0v) is 11.7. The van der Waals surface area contributed by atoms with Crippen LogP contribution < -0.4 is 4.90 Å². The fraction of sp³-hybridized carbons (Fsp3) is 0.500. The highest BCUT2D eigenvalue weighted by Gasteiger charge is 2.19. The number of benzene rings is 1. The number of hydrogen-bond acceptors (Lipinski definition) is 2. The highest BCUT2D eigenvalue weighted by molar-refractivity contribution is 9.08. The number of alkyl halides is 1. The lowest BCUT2D eigenvalue weighted by atomic mass is 10.1. The van der Waals surface area contributed by atoms with Crippen LogP contribution in [0.2, 0.25) is 0 Å². The molecule has 16 heavy (non-hydrogen) atoms. The van der Waals surface area contributed by atoms with Crippen molar-refractivity contribution in [1.29, 1.82) is 0 Å². The van der Waals surface area contributed by atoms with E-state index in [9.17, 15) is 4.39 Å². The van der Waals surface area contributed by atoms with Crippen molar-refractivity contribution in [1.82, 2.24) is 0 Å². The van der Waals surface area contributed by atoms with Gasteiger partial charge < -0.3 is 4.90 Å². The first-order chi connectivity index (χ1) is 7.70. The SMILES string of the molecule is CC1CN(c2ccc(F)cc2CBr)CCS1. The van der Waals surface area contributed by atoms with Crippen molar-refractivity contribution >= 4 is 33.4 Å². The largest absolute Gasteiger partial charge is 0.369 e. The number of hydrogen-bond donors (Lipinski definition) is 0. The van der Waals surface area contributed by atoms with E-state index in [0.717, 1.165) is 24.4 Å². The van der Waals surface area contributed by atoms with Gasteiger partial charge in [0.25, 0.3) is 0 Å². The molecule has 0 aromatic heterocycles. The van der Waals surface area contributed by atoms with E-state index in [0.29, 0.717) is 10.6 Å². The molecule has 1 unspecified atom stereocenters. The number of anilines is 1. The maximum atomic E-state index is 13.1. The first-order valence-corrected chi connectivity index (χ1v) is 7.58. The summed E-state index contributed by atoms with van der Waals surface area (Å²) in [6.45, 7) is 4.35. The molecule has 1 nitrogen and oxygen atoms in total.